The van der Waals surface area contributed by atoms with Gasteiger partial charge in [-0.05, 0) is 13.3 Å². The van der Waals surface area contributed by atoms with Gasteiger partial charge in [0.2, 0.25) is 0 Å². The van der Waals surface area contributed by atoms with Gasteiger partial charge in [0.1, 0.15) is 0 Å². The third kappa shape index (κ3) is 2.76. The lowest BCUT2D eigenvalue weighted by atomic mass is 9.54. The number of ether oxygens (including phenoxy) is 1. The monoisotopic (exact) mass is 285 g/mol. The van der Waals surface area contributed by atoms with Gasteiger partial charge in [-0.2, -0.15) is 0 Å². The van der Waals surface area contributed by atoms with E-state index in [0.29, 0.717) is 6.54 Å². The van der Waals surface area contributed by atoms with E-state index >= 15 is 0 Å². The number of hydrogen-bond donors (Lipinski definition) is 3. The van der Waals surface area contributed by atoms with Crippen LogP contribution in [0.2, 0.25) is 0 Å². The molecule has 1 aromatic rings. The topological polar surface area (TPSA) is 80.1 Å². The van der Waals surface area contributed by atoms with Gasteiger partial charge in [-0.1, -0.05) is 25.2 Å². The van der Waals surface area contributed by atoms with Crippen LogP contribution < -0.4 is 15.9 Å². The minimum atomic E-state index is -0.247. The largest absolute Gasteiger partial charge is 0.378 e. The van der Waals surface area contributed by atoms with Gasteiger partial charge >= 0.3 is 4.87 Å². The normalized spacial score (nSPS) is 29.2. The fourth-order valence-corrected chi connectivity index (χ4v) is 3.21. The van der Waals surface area contributed by atoms with Crippen molar-refractivity contribution in [1.29, 1.82) is 0 Å². The van der Waals surface area contributed by atoms with Crippen LogP contribution in [0.15, 0.2) is 10.2 Å². The molecule has 2 rings (SSSR count). The third-order valence-electron chi connectivity index (χ3n) is 4.33. The van der Waals surface area contributed by atoms with Crippen molar-refractivity contribution in [3.8, 4) is 0 Å². The van der Waals surface area contributed by atoms with Gasteiger partial charge in [-0.3, -0.25) is 4.79 Å². The Morgan fingerprint density at radius 3 is 2.89 bits per heavy atom. The lowest BCUT2D eigenvalue weighted by molar-refractivity contribution is -0.148. The van der Waals surface area contributed by atoms with Crippen molar-refractivity contribution in [3.63, 3.8) is 0 Å². The molecule has 0 aliphatic heterocycles. The molecule has 1 aliphatic carbocycles. The average molecular weight is 285 g/mol. The maximum absolute atomic E-state index is 11.0. The molecule has 108 valence electrons. The predicted octanol–water partition coefficient (Wildman–Crippen LogP) is 1.06. The van der Waals surface area contributed by atoms with Crippen molar-refractivity contribution in [2.45, 2.75) is 45.4 Å². The SMILES string of the molecule is CCOC1CC(N)(CNCc2csc(=O)[nH]2)C1(C)C. The van der Waals surface area contributed by atoms with Crippen LogP contribution in [0.4, 0.5) is 0 Å². The molecule has 0 spiro atoms. The number of hydrogen-bond acceptors (Lipinski definition) is 5. The van der Waals surface area contributed by atoms with Gasteiger partial charge in [0.25, 0.3) is 0 Å². The zero-order valence-electron chi connectivity index (χ0n) is 11.8. The minimum absolute atomic E-state index is 0.0142. The zero-order valence-corrected chi connectivity index (χ0v) is 12.6. The van der Waals surface area contributed by atoms with Gasteiger partial charge in [-0.25, -0.2) is 0 Å². The molecule has 0 amide bonds. The Morgan fingerprint density at radius 1 is 1.63 bits per heavy atom. The number of nitrogens with one attached hydrogen (secondary N) is 2. The first kappa shape index (κ1) is 14.7. The second-order valence-electron chi connectivity index (χ2n) is 5.80. The molecule has 5 nitrogen and oxygen atoms in total. The van der Waals surface area contributed by atoms with Crippen LogP contribution in [0.1, 0.15) is 32.9 Å². The quantitative estimate of drug-likeness (QED) is 0.730. The Morgan fingerprint density at radius 2 is 2.37 bits per heavy atom. The van der Waals surface area contributed by atoms with Crippen LogP contribution in [0.3, 0.4) is 0 Å². The van der Waals surface area contributed by atoms with E-state index in [4.69, 9.17) is 10.5 Å². The molecule has 0 radical (unpaired) electrons. The molecular weight excluding hydrogens is 262 g/mol. The summed E-state index contributed by atoms with van der Waals surface area (Å²) in [4.78, 5) is 13.8. The third-order valence-corrected chi connectivity index (χ3v) is 5.05. The lowest BCUT2D eigenvalue weighted by Crippen LogP contribution is -2.73. The molecular formula is C13H23N3O2S. The van der Waals surface area contributed by atoms with Crippen molar-refractivity contribution < 1.29 is 4.74 Å². The van der Waals surface area contributed by atoms with E-state index in [-0.39, 0.29) is 21.9 Å². The molecule has 0 bridgehead atoms. The summed E-state index contributed by atoms with van der Waals surface area (Å²) >= 11 is 1.19. The Labute approximate surface area is 117 Å². The molecule has 1 aromatic heterocycles. The van der Waals surface area contributed by atoms with Crippen LogP contribution in [-0.2, 0) is 11.3 Å². The number of nitrogens with two attached hydrogens (primary N) is 1. The minimum Gasteiger partial charge on any atom is -0.378 e. The Bertz CT molecular complexity index is 482. The van der Waals surface area contributed by atoms with Gasteiger partial charge in [0, 0.05) is 41.7 Å². The number of aromatic amines is 1. The summed E-state index contributed by atoms with van der Waals surface area (Å²) in [5, 5.41) is 5.17. The van der Waals surface area contributed by atoms with Crippen molar-refractivity contribution >= 4 is 11.3 Å². The summed E-state index contributed by atoms with van der Waals surface area (Å²) in [6, 6.07) is 0. The Hall–Kier alpha value is -0.690. The molecule has 19 heavy (non-hydrogen) atoms. The predicted molar refractivity (Wildman–Crippen MR) is 77.4 cm³/mol. The molecule has 1 heterocycles. The second-order valence-corrected chi connectivity index (χ2v) is 6.65. The first-order valence-electron chi connectivity index (χ1n) is 6.67. The first-order valence-corrected chi connectivity index (χ1v) is 7.55. The van der Waals surface area contributed by atoms with Gasteiger partial charge in [0.15, 0.2) is 0 Å². The summed E-state index contributed by atoms with van der Waals surface area (Å²) in [5.41, 5.74) is 7.10. The molecule has 4 N–H and O–H groups in total. The van der Waals surface area contributed by atoms with Gasteiger partial charge in [-0.15, -0.1) is 0 Å². The van der Waals surface area contributed by atoms with Crippen molar-refractivity contribution in [2.75, 3.05) is 13.2 Å². The first-order chi connectivity index (χ1) is 8.89. The molecule has 6 heteroatoms. The number of thiazole rings is 1. The smallest absolute Gasteiger partial charge is 0.304 e. The summed E-state index contributed by atoms with van der Waals surface area (Å²) in [6.07, 6.45) is 1.12. The fraction of sp³-hybridized carbons (Fsp3) is 0.769. The summed E-state index contributed by atoms with van der Waals surface area (Å²) in [7, 11) is 0. The highest BCUT2D eigenvalue weighted by Gasteiger charge is 2.58. The van der Waals surface area contributed by atoms with Crippen LogP contribution in [0, 0.1) is 5.41 Å². The number of rotatable bonds is 6. The van der Waals surface area contributed by atoms with Crippen molar-refractivity contribution in [1.82, 2.24) is 10.3 Å². The maximum Gasteiger partial charge on any atom is 0.304 e. The van der Waals surface area contributed by atoms with E-state index in [9.17, 15) is 4.79 Å². The van der Waals surface area contributed by atoms with E-state index in [1.54, 1.807) is 0 Å². The van der Waals surface area contributed by atoms with Gasteiger partial charge < -0.3 is 20.8 Å². The second kappa shape index (κ2) is 5.36. The highest BCUT2D eigenvalue weighted by atomic mass is 32.1. The van der Waals surface area contributed by atoms with E-state index in [1.165, 1.54) is 11.3 Å². The van der Waals surface area contributed by atoms with Crippen molar-refractivity contribution in [3.05, 3.63) is 20.7 Å². The van der Waals surface area contributed by atoms with Crippen LogP contribution in [0.5, 0.6) is 0 Å². The number of H-pyrrole nitrogens is 1. The number of aromatic nitrogens is 1. The van der Waals surface area contributed by atoms with Crippen LogP contribution in [0.25, 0.3) is 0 Å². The van der Waals surface area contributed by atoms with Gasteiger partial charge in [0.05, 0.1) is 6.10 Å². The average Bonchev–Trinajstić information content (AvgIpc) is 2.75. The van der Waals surface area contributed by atoms with E-state index in [2.05, 4.69) is 24.1 Å². The summed E-state index contributed by atoms with van der Waals surface area (Å²) in [6.45, 7) is 8.43. The van der Waals surface area contributed by atoms with Crippen LogP contribution in [-0.4, -0.2) is 29.8 Å². The molecule has 1 fully saturated rings. The molecule has 1 saturated carbocycles. The van der Waals surface area contributed by atoms with Crippen LogP contribution >= 0.6 is 11.3 Å². The molecule has 2 unspecified atom stereocenters. The Balaban J connectivity index is 1.84. The highest BCUT2D eigenvalue weighted by Crippen LogP contribution is 2.49. The van der Waals surface area contributed by atoms with E-state index < -0.39 is 0 Å². The van der Waals surface area contributed by atoms with E-state index in [0.717, 1.165) is 25.3 Å². The lowest BCUT2D eigenvalue weighted by Gasteiger charge is -2.59. The molecule has 1 aliphatic rings. The van der Waals surface area contributed by atoms with E-state index in [1.807, 2.05) is 12.3 Å². The molecule has 0 aromatic carbocycles. The fourth-order valence-electron chi connectivity index (χ4n) is 2.63. The maximum atomic E-state index is 11.0. The molecule has 2 atom stereocenters. The highest BCUT2D eigenvalue weighted by molar-refractivity contribution is 7.07. The summed E-state index contributed by atoms with van der Waals surface area (Å²) in [5.74, 6) is 0. The summed E-state index contributed by atoms with van der Waals surface area (Å²) < 4.78 is 5.70. The standard InChI is InChI=1S/C13H23N3O2S/c1-4-18-10-5-13(14,12(10,2)3)8-15-6-9-7-19-11(17)16-9/h7,10,15H,4-6,8,14H2,1-3H3,(H,16,17). The zero-order chi connectivity index (χ0) is 14.1. The Kier molecular flexibility index (Phi) is 4.15. The van der Waals surface area contributed by atoms with Crippen molar-refractivity contribution in [2.24, 2.45) is 11.1 Å². The molecule has 0 saturated heterocycles.